The lowest BCUT2D eigenvalue weighted by atomic mass is 10.2. The van der Waals surface area contributed by atoms with Crippen molar-refractivity contribution in [2.75, 3.05) is 7.05 Å². The van der Waals surface area contributed by atoms with Crippen molar-refractivity contribution in [2.45, 2.75) is 27.1 Å². The summed E-state index contributed by atoms with van der Waals surface area (Å²) < 4.78 is 3.44. The highest BCUT2D eigenvalue weighted by atomic mass is 16.2. The molecule has 4 aromatic rings. The van der Waals surface area contributed by atoms with Gasteiger partial charge in [0.1, 0.15) is 5.69 Å². The average molecular weight is 405 g/mol. The van der Waals surface area contributed by atoms with Crippen LogP contribution in [-0.2, 0) is 20.3 Å². The molecule has 3 heterocycles. The summed E-state index contributed by atoms with van der Waals surface area (Å²) in [7, 11) is 3.66. The Hall–Kier alpha value is -3.82. The second-order valence-corrected chi connectivity index (χ2v) is 7.17. The molecule has 0 aliphatic heterocycles. The van der Waals surface area contributed by atoms with E-state index in [2.05, 4.69) is 25.6 Å². The van der Waals surface area contributed by atoms with E-state index >= 15 is 0 Å². The molecule has 0 radical (unpaired) electrons. The van der Waals surface area contributed by atoms with Gasteiger partial charge in [-0.25, -0.2) is 4.68 Å². The van der Waals surface area contributed by atoms with Crippen molar-refractivity contribution in [3.05, 3.63) is 65.2 Å². The maximum absolute atomic E-state index is 12.8. The van der Waals surface area contributed by atoms with E-state index in [1.807, 2.05) is 55.9 Å². The molecule has 0 aliphatic carbocycles. The van der Waals surface area contributed by atoms with Gasteiger partial charge < -0.3 is 4.90 Å². The molecule has 10 nitrogen and oxygen atoms in total. The van der Waals surface area contributed by atoms with Gasteiger partial charge in [-0.1, -0.05) is 30.3 Å². The molecule has 0 unspecified atom stereocenters. The molecule has 0 fully saturated rings. The van der Waals surface area contributed by atoms with Crippen LogP contribution in [0.3, 0.4) is 0 Å². The van der Waals surface area contributed by atoms with Crippen LogP contribution in [0.5, 0.6) is 0 Å². The first-order valence-corrected chi connectivity index (χ1v) is 9.53. The Labute approximate surface area is 173 Å². The number of carbonyl (C=O) groups excluding carboxylic acids is 1. The van der Waals surface area contributed by atoms with Crippen molar-refractivity contribution in [3.63, 3.8) is 0 Å². The average Bonchev–Trinajstić information content (AvgIpc) is 3.46. The molecule has 0 N–H and O–H groups in total. The highest BCUT2D eigenvalue weighted by Crippen LogP contribution is 2.15. The molecule has 4 rings (SSSR count). The minimum Gasteiger partial charge on any atom is -0.336 e. The van der Waals surface area contributed by atoms with Crippen molar-refractivity contribution >= 4 is 5.91 Å². The van der Waals surface area contributed by atoms with E-state index in [9.17, 15) is 4.79 Å². The van der Waals surface area contributed by atoms with Crippen molar-refractivity contribution in [3.8, 4) is 11.4 Å². The normalized spacial score (nSPS) is 11.1. The maximum Gasteiger partial charge on any atom is 0.274 e. The first kappa shape index (κ1) is 19.5. The molecular formula is C20H23N9O. The summed E-state index contributed by atoms with van der Waals surface area (Å²) >= 11 is 0. The highest BCUT2D eigenvalue weighted by Gasteiger charge is 2.19. The van der Waals surface area contributed by atoms with Crippen LogP contribution in [0, 0.1) is 13.8 Å². The molecule has 3 aromatic heterocycles. The predicted molar refractivity (Wildman–Crippen MR) is 109 cm³/mol. The van der Waals surface area contributed by atoms with Gasteiger partial charge >= 0.3 is 0 Å². The molecule has 154 valence electrons. The fourth-order valence-electron chi connectivity index (χ4n) is 3.24. The molecule has 0 bridgehead atoms. The molecule has 1 amide bonds. The van der Waals surface area contributed by atoms with Crippen LogP contribution in [0.15, 0.2) is 42.6 Å². The summed E-state index contributed by atoms with van der Waals surface area (Å²) in [4.78, 5) is 15.9. The molecule has 30 heavy (non-hydrogen) atoms. The topological polar surface area (TPSA) is 99.6 Å². The molecule has 0 aliphatic rings. The van der Waals surface area contributed by atoms with Gasteiger partial charge in [-0.2, -0.15) is 10.2 Å². The lowest BCUT2D eigenvalue weighted by molar-refractivity contribution is 0.0777. The summed E-state index contributed by atoms with van der Waals surface area (Å²) in [5.74, 6) is 0.383. The molecule has 0 saturated heterocycles. The van der Waals surface area contributed by atoms with Crippen molar-refractivity contribution in [1.82, 2.24) is 44.7 Å². The number of tetrazole rings is 1. The lowest BCUT2D eigenvalue weighted by Crippen LogP contribution is -2.27. The van der Waals surface area contributed by atoms with Crippen LogP contribution in [0.4, 0.5) is 0 Å². The van der Waals surface area contributed by atoms with E-state index in [4.69, 9.17) is 0 Å². The van der Waals surface area contributed by atoms with Gasteiger partial charge in [0, 0.05) is 43.7 Å². The van der Waals surface area contributed by atoms with Crippen LogP contribution < -0.4 is 0 Å². The number of aromatic nitrogens is 8. The maximum atomic E-state index is 12.8. The van der Waals surface area contributed by atoms with E-state index in [0.717, 1.165) is 22.5 Å². The molecule has 0 atom stereocenters. The third-order valence-electron chi connectivity index (χ3n) is 5.02. The number of aryl methyl sites for hydroxylation is 2. The summed E-state index contributed by atoms with van der Waals surface area (Å²) in [6.45, 7) is 4.68. The number of benzene rings is 1. The fraction of sp³-hybridized carbons (Fsp3) is 0.300. The van der Waals surface area contributed by atoms with Crippen LogP contribution in [0.1, 0.15) is 27.4 Å². The van der Waals surface area contributed by atoms with Crippen molar-refractivity contribution in [1.29, 1.82) is 0 Å². The molecule has 0 spiro atoms. The number of hydrogen-bond acceptors (Lipinski definition) is 6. The Balaban J connectivity index is 1.43. The number of hydrogen-bond donors (Lipinski definition) is 0. The quantitative estimate of drug-likeness (QED) is 0.484. The fourth-order valence-corrected chi connectivity index (χ4v) is 3.24. The van der Waals surface area contributed by atoms with Crippen LogP contribution in [0.25, 0.3) is 11.4 Å². The lowest BCUT2D eigenvalue weighted by Gasteiger charge is -2.16. The van der Waals surface area contributed by atoms with Gasteiger partial charge in [0.05, 0.1) is 5.69 Å². The Kier molecular flexibility index (Phi) is 5.13. The van der Waals surface area contributed by atoms with E-state index in [1.54, 1.807) is 28.9 Å². The number of amides is 1. The molecule has 10 heteroatoms. The van der Waals surface area contributed by atoms with Crippen LogP contribution in [-0.4, -0.2) is 57.6 Å². The molecule has 0 saturated carbocycles. The van der Waals surface area contributed by atoms with Gasteiger partial charge in [-0.15, -0.1) is 15.0 Å². The second kappa shape index (κ2) is 7.90. The van der Waals surface area contributed by atoms with Crippen molar-refractivity contribution < 1.29 is 4.79 Å². The Morgan fingerprint density at radius 2 is 1.83 bits per heavy atom. The van der Waals surface area contributed by atoms with Gasteiger partial charge in [-0.05, 0) is 25.1 Å². The van der Waals surface area contributed by atoms with Crippen LogP contribution >= 0.6 is 0 Å². The van der Waals surface area contributed by atoms with E-state index < -0.39 is 0 Å². The summed E-state index contributed by atoms with van der Waals surface area (Å²) in [5.41, 5.74) is 4.27. The van der Waals surface area contributed by atoms with E-state index in [0.29, 0.717) is 18.1 Å². The largest absolute Gasteiger partial charge is 0.336 e. The summed E-state index contributed by atoms with van der Waals surface area (Å²) in [5, 5.41) is 21.3. The van der Waals surface area contributed by atoms with Gasteiger partial charge in [0.2, 0.25) is 5.82 Å². The SMILES string of the molecule is Cc1nn(C)c(C)c1CN(C)C(=O)c1ccn(Cn2nnc(-c3ccccc3)n2)n1. The number of rotatable bonds is 6. The van der Waals surface area contributed by atoms with Gasteiger partial charge in [-0.3, -0.25) is 9.48 Å². The first-order valence-electron chi connectivity index (χ1n) is 9.53. The van der Waals surface area contributed by atoms with Gasteiger partial charge in [0.25, 0.3) is 5.91 Å². The van der Waals surface area contributed by atoms with Gasteiger partial charge in [0.15, 0.2) is 6.67 Å². The first-order chi connectivity index (χ1) is 14.4. The zero-order valence-electron chi connectivity index (χ0n) is 17.4. The Morgan fingerprint density at radius 1 is 1.07 bits per heavy atom. The standard InChI is InChI=1S/C20H23N9O/c1-14-17(15(2)27(4)22-14)12-26(3)20(30)18-10-11-28(23-18)13-29-24-19(21-25-29)16-8-6-5-7-9-16/h5-11H,12-13H2,1-4H3. The highest BCUT2D eigenvalue weighted by molar-refractivity contribution is 5.92. The number of carbonyl (C=O) groups is 1. The number of nitrogens with zero attached hydrogens (tertiary/aromatic N) is 9. The monoisotopic (exact) mass is 405 g/mol. The third kappa shape index (κ3) is 3.84. The third-order valence-corrected chi connectivity index (χ3v) is 5.02. The van der Waals surface area contributed by atoms with Crippen molar-refractivity contribution in [2.24, 2.45) is 7.05 Å². The molecular weight excluding hydrogens is 382 g/mol. The molecule has 1 aromatic carbocycles. The Bertz CT molecular complexity index is 1170. The zero-order valence-corrected chi connectivity index (χ0v) is 17.4. The minimum absolute atomic E-state index is 0.159. The Morgan fingerprint density at radius 3 is 2.53 bits per heavy atom. The van der Waals surface area contributed by atoms with E-state index in [1.165, 1.54) is 4.80 Å². The zero-order chi connectivity index (χ0) is 21.3. The second-order valence-electron chi connectivity index (χ2n) is 7.17. The summed E-state index contributed by atoms with van der Waals surface area (Å²) in [6, 6.07) is 11.3. The van der Waals surface area contributed by atoms with Crippen LogP contribution in [0.2, 0.25) is 0 Å². The smallest absolute Gasteiger partial charge is 0.274 e. The predicted octanol–water partition coefficient (Wildman–Crippen LogP) is 1.66. The van der Waals surface area contributed by atoms with E-state index in [-0.39, 0.29) is 12.6 Å². The minimum atomic E-state index is -0.159. The summed E-state index contributed by atoms with van der Waals surface area (Å²) in [6.07, 6.45) is 1.73.